The Labute approximate surface area is 202 Å². The molecule has 35 heavy (non-hydrogen) atoms. The van der Waals surface area contributed by atoms with Crippen LogP contribution in [0.15, 0.2) is 97.1 Å². The van der Waals surface area contributed by atoms with Crippen molar-refractivity contribution in [2.45, 2.75) is 19.6 Å². The van der Waals surface area contributed by atoms with E-state index >= 15 is 0 Å². The minimum absolute atomic E-state index is 0.276. The third-order valence-electron chi connectivity index (χ3n) is 5.81. The first kappa shape index (κ1) is 22.3. The van der Waals surface area contributed by atoms with Crippen LogP contribution in [0.5, 0.6) is 17.4 Å². The summed E-state index contributed by atoms with van der Waals surface area (Å²) >= 11 is 0. The van der Waals surface area contributed by atoms with Crippen molar-refractivity contribution >= 4 is 27.8 Å². The lowest BCUT2D eigenvalue weighted by atomic mass is 10.1. The highest BCUT2D eigenvalue weighted by Crippen LogP contribution is 2.30. The number of ether oxygens (including phenoxy) is 3. The first-order valence-electron chi connectivity index (χ1n) is 11.5. The summed E-state index contributed by atoms with van der Waals surface area (Å²) in [4.78, 5) is 11.3. The maximum atomic E-state index is 11.3. The summed E-state index contributed by atoms with van der Waals surface area (Å²) in [5.41, 5.74) is 1.95. The van der Waals surface area contributed by atoms with Gasteiger partial charge in [0.2, 0.25) is 5.88 Å². The van der Waals surface area contributed by atoms with E-state index in [1.807, 2.05) is 83.4 Å². The highest BCUT2D eigenvalue weighted by atomic mass is 16.7. The standard InChI is InChI=1S/C29H25NO5/c31-29(32)35-28-19-23-18-24(34-20-21-8-2-1-3-9-21)14-15-26(23)30(28)16-7-17-33-27-13-6-11-22-10-4-5-12-25(22)27/h1-6,8-15,18-19H,7,16-17,20H2,(H,31,32). The molecular formula is C29H25NO5. The van der Waals surface area contributed by atoms with Crippen LogP contribution in [-0.2, 0) is 13.2 Å². The van der Waals surface area contributed by atoms with Gasteiger partial charge in [-0.2, -0.15) is 0 Å². The van der Waals surface area contributed by atoms with Crippen LogP contribution in [0.25, 0.3) is 21.7 Å². The molecule has 0 amide bonds. The second-order valence-corrected chi connectivity index (χ2v) is 8.18. The molecule has 5 aromatic rings. The molecule has 1 N–H and O–H groups in total. The Kier molecular flexibility index (Phi) is 6.52. The van der Waals surface area contributed by atoms with E-state index in [-0.39, 0.29) is 5.88 Å². The predicted molar refractivity (Wildman–Crippen MR) is 135 cm³/mol. The molecule has 1 aromatic heterocycles. The Morgan fingerprint density at radius 2 is 1.60 bits per heavy atom. The van der Waals surface area contributed by atoms with E-state index in [0.29, 0.717) is 31.9 Å². The van der Waals surface area contributed by atoms with E-state index in [1.165, 1.54) is 0 Å². The van der Waals surface area contributed by atoms with Gasteiger partial charge in [0.25, 0.3) is 0 Å². The lowest BCUT2D eigenvalue weighted by molar-refractivity contribution is 0.140. The Hall–Kier alpha value is -4.45. The lowest BCUT2D eigenvalue weighted by Crippen LogP contribution is -2.10. The average molecular weight is 468 g/mol. The number of fused-ring (bicyclic) bond motifs is 2. The Morgan fingerprint density at radius 3 is 2.46 bits per heavy atom. The molecule has 6 nitrogen and oxygen atoms in total. The van der Waals surface area contributed by atoms with Gasteiger partial charge in [-0.3, -0.25) is 0 Å². The van der Waals surface area contributed by atoms with E-state index < -0.39 is 6.16 Å². The van der Waals surface area contributed by atoms with Crippen LogP contribution < -0.4 is 14.2 Å². The number of hydrogen-bond acceptors (Lipinski definition) is 4. The largest absolute Gasteiger partial charge is 0.512 e. The normalized spacial score (nSPS) is 11.0. The Morgan fingerprint density at radius 1 is 0.800 bits per heavy atom. The van der Waals surface area contributed by atoms with Gasteiger partial charge in [0.05, 0.1) is 12.1 Å². The van der Waals surface area contributed by atoms with Crippen molar-refractivity contribution in [3.63, 3.8) is 0 Å². The fourth-order valence-corrected chi connectivity index (χ4v) is 4.19. The van der Waals surface area contributed by atoms with E-state index in [0.717, 1.165) is 33.0 Å². The average Bonchev–Trinajstić information content (AvgIpc) is 3.21. The third-order valence-corrected chi connectivity index (χ3v) is 5.81. The van der Waals surface area contributed by atoms with Crippen LogP contribution in [-0.4, -0.2) is 22.4 Å². The minimum atomic E-state index is -1.35. The fraction of sp³-hybridized carbons (Fsp3) is 0.138. The Balaban J connectivity index is 1.29. The van der Waals surface area contributed by atoms with Gasteiger partial charge in [-0.15, -0.1) is 0 Å². The minimum Gasteiger partial charge on any atom is -0.493 e. The molecule has 0 aliphatic heterocycles. The SMILES string of the molecule is O=C(O)Oc1cc2cc(OCc3ccccc3)ccc2n1CCCOc1cccc2ccccc12. The highest BCUT2D eigenvalue weighted by molar-refractivity contribution is 5.88. The summed E-state index contributed by atoms with van der Waals surface area (Å²) < 4.78 is 18.9. The number of rotatable bonds is 9. The highest BCUT2D eigenvalue weighted by Gasteiger charge is 2.14. The zero-order valence-electron chi connectivity index (χ0n) is 19.1. The molecule has 6 heteroatoms. The zero-order valence-corrected chi connectivity index (χ0v) is 19.1. The summed E-state index contributed by atoms with van der Waals surface area (Å²) in [7, 11) is 0. The van der Waals surface area contributed by atoms with Gasteiger partial charge in [-0.25, -0.2) is 4.79 Å². The molecule has 4 aromatic carbocycles. The molecule has 0 saturated heterocycles. The quantitative estimate of drug-likeness (QED) is 0.189. The van der Waals surface area contributed by atoms with Crippen molar-refractivity contribution in [1.82, 2.24) is 4.57 Å². The summed E-state index contributed by atoms with van der Waals surface area (Å²) in [6.07, 6.45) is -0.670. The van der Waals surface area contributed by atoms with E-state index in [9.17, 15) is 9.90 Å². The van der Waals surface area contributed by atoms with Crippen molar-refractivity contribution in [3.8, 4) is 17.4 Å². The van der Waals surface area contributed by atoms with Gasteiger partial charge in [0.1, 0.15) is 18.1 Å². The molecule has 0 aliphatic carbocycles. The number of nitrogens with zero attached hydrogens (tertiary/aromatic N) is 1. The number of aromatic nitrogens is 1. The van der Waals surface area contributed by atoms with Gasteiger partial charge in [0.15, 0.2) is 0 Å². The first-order valence-corrected chi connectivity index (χ1v) is 11.5. The molecule has 0 fully saturated rings. The third kappa shape index (κ3) is 5.22. The molecule has 0 saturated carbocycles. The van der Waals surface area contributed by atoms with Crippen LogP contribution in [0.1, 0.15) is 12.0 Å². The topological polar surface area (TPSA) is 69.9 Å². The molecule has 176 valence electrons. The summed E-state index contributed by atoms with van der Waals surface area (Å²) in [6, 6.07) is 31.5. The van der Waals surface area contributed by atoms with Crippen molar-refractivity contribution < 1.29 is 24.1 Å². The maximum Gasteiger partial charge on any atom is 0.512 e. The van der Waals surface area contributed by atoms with E-state index in [4.69, 9.17) is 14.2 Å². The lowest BCUT2D eigenvalue weighted by Gasteiger charge is -2.12. The smallest absolute Gasteiger partial charge is 0.493 e. The number of benzene rings is 4. The number of hydrogen-bond donors (Lipinski definition) is 1. The van der Waals surface area contributed by atoms with Gasteiger partial charge >= 0.3 is 6.16 Å². The summed E-state index contributed by atoms with van der Waals surface area (Å²) in [5, 5.41) is 12.3. The zero-order chi connectivity index (χ0) is 24.0. The number of aryl methyl sites for hydroxylation is 1. The molecule has 0 radical (unpaired) electrons. The second-order valence-electron chi connectivity index (χ2n) is 8.18. The predicted octanol–water partition coefficient (Wildman–Crippen LogP) is 6.90. The first-order chi connectivity index (χ1) is 17.2. The van der Waals surface area contributed by atoms with Crippen LogP contribution >= 0.6 is 0 Å². The van der Waals surface area contributed by atoms with Crippen LogP contribution in [0, 0.1) is 0 Å². The summed E-state index contributed by atoms with van der Waals surface area (Å²) in [6.45, 7) is 1.48. The van der Waals surface area contributed by atoms with Gasteiger partial charge < -0.3 is 23.9 Å². The summed E-state index contributed by atoms with van der Waals surface area (Å²) in [5.74, 6) is 1.82. The van der Waals surface area contributed by atoms with E-state index in [2.05, 4.69) is 12.1 Å². The molecular weight excluding hydrogens is 442 g/mol. The molecule has 0 unspecified atom stereocenters. The molecule has 1 heterocycles. The molecule has 0 atom stereocenters. The molecule has 0 spiro atoms. The van der Waals surface area contributed by atoms with Crippen LogP contribution in [0.2, 0.25) is 0 Å². The van der Waals surface area contributed by atoms with E-state index in [1.54, 1.807) is 6.07 Å². The maximum absolute atomic E-state index is 11.3. The number of carboxylic acid groups (broad SMARTS) is 1. The van der Waals surface area contributed by atoms with Gasteiger partial charge in [0, 0.05) is 23.4 Å². The monoisotopic (exact) mass is 467 g/mol. The van der Waals surface area contributed by atoms with Gasteiger partial charge in [-0.05, 0) is 41.6 Å². The van der Waals surface area contributed by atoms with Crippen molar-refractivity contribution in [1.29, 1.82) is 0 Å². The second kappa shape index (κ2) is 10.2. The Bertz CT molecular complexity index is 1450. The van der Waals surface area contributed by atoms with Crippen molar-refractivity contribution in [2.24, 2.45) is 0 Å². The van der Waals surface area contributed by atoms with Crippen LogP contribution in [0.4, 0.5) is 4.79 Å². The fourth-order valence-electron chi connectivity index (χ4n) is 4.19. The number of carbonyl (C=O) groups is 1. The molecule has 0 aliphatic rings. The van der Waals surface area contributed by atoms with Crippen LogP contribution in [0.3, 0.4) is 0 Å². The van der Waals surface area contributed by atoms with Crippen molar-refractivity contribution in [3.05, 3.63) is 103 Å². The molecule has 0 bridgehead atoms. The molecule has 5 rings (SSSR count). The van der Waals surface area contributed by atoms with Gasteiger partial charge in [-0.1, -0.05) is 66.7 Å². The van der Waals surface area contributed by atoms with Crippen molar-refractivity contribution in [2.75, 3.05) is 6.61 Å².